The zero-order valence-electron chi connectivity index (χ0n) is 5.58. The van der Waals surface area contributed by atoms with Gasteiger partial charge in [-0.25, -0.2) is 0 Å². The molecule has 0 bridgehead atoms. The van der Waals surface area contributed by atoms with E-state index in [2.05, 4.69) is 5.32 Å². The zero-order valence-corrected chi connectivity index (χ0v) is 5.58. The molecule has 0 aromatic heterocycles. The van der Waals surface area contributed by atoms with Gasteiger partial charge in [-0.1, -0.05) is 0 Å². The van der Waals surface area contributed by atoms with Crippen molar-refractivity contribution in [2.45, 2.75) is 25.0 Å². The van der Waals surface area contributed by atoms with Gasteiger partial charge >= 0.3 is 0 Å². The van der Waals surface area contributed by atoms with E-state index in [0.717, 1.165) is 12.8 Å². The largest absolute Gasteiger partial charge is 0.391 e. The Morgan fingerprint density at radius 1 is 1.60 bits per heavy atom. The van der Waals surface area contributed by atoms with E-state index in [1.165, 1.54) is 0 Å². The van der Waals surface area contributed by atoms with Crippen LogP contribution in [0.25, 0.3) is 0 Å². The summed E-state index contributed by atoms with van der Waals surface area (Å²) in [5.74, 6) is -0.413. The van der Waals surface area contributed by atoms with Crippen LogP contribution in [0.15, 0.2) is 0 Å². The number of amides is 1. The highest BCUT2D eigenvalue weighted by Gasteiger charge is 2.29. The Kier molecular flexibility index (Phi) is 2.24. The van der Waals surface area contributed by atoms with E-state index < -0.39 is 18.6 Å². The third-order valence-electron chi connectivity index (χ3n) is 1.73. The number of carbonyl (C=O) groups is 1. The number of carbonyl (C=O) groups excluding carboxylic acids is 1. The Labute approximate surface area is 58.9 Å². The van der Waals surface area contributed by atoms with Crippen LogP contribution >= 0.6 is 0 Å². The Morgan fingerprint density at radius 2 is 2.30 bits per heavy atom. The van der Waals surface area contributed by atoms with E-state index in [0.29, 0.717) is 0 Å². The van der Waals surface area contributed by atoms with Crippen molar-refractivity contribution in [2.24, 2.45) is 0 Å². The Hall–Kier alpha value is -0.610. The molecule has 10 heavy (non-hydrogen) atoms. The van der Waals surface area contributed by atoms with Crippen LogP contribution in [0.4, 0.5) is 0 Å². The van der Waals surface area contributed by atoms with Gasteiger partial charge in [0.2, 0.25) is 5.91 Å². The number of hydrogen-bond acceptors (Lipinski definition) is 3. The molecule has 0 unspecified atom stereocenters. The molecule has 0 aromatic rings. The monoisotopic (exact) mass is 145 g/mol. The predicted molar refractivity (Wildman–Crippen MR) is 34.3 cm³/mol. The van der Waals surface area contributed by atoms with Crippen molar-refractivity contribution in [3.05, 3.63) is 0 Å². The standard InChI is InChI=1S/C6H11NO3/c8-3-6(10)7-4-1-2-5(4)9/h4-5,8-9H,1-3H2,(H,7,10)/t4-,5-/m1/s1. The van der Waals surface area contributed by atoms with Crippen LogP contribution in [0.5, 0.6) is 0 Å². The van der Waals surface area contributed by atoms with Gasteiger partial charge in [-0.05, 0) is 12.8 Å². The molecule has 2 atom stereocenters. The third kappa shape index (κ3) is 1.46. The first-order chi connectivity index (χ1) is 4.74. The van der Waals surface area contributed by atoms with Crippen LogP contribution in [0.3, 0.4) is 0 Å². The van der Waals surface area contributed by atoms with Gasteiger partial charge < -0.3 is 15.5 Å². The second kappa shape index (κ2) is 2.98. The van der Waals surface area contributed by atoms with E-state index >= 15 is 0 Å². The van der Waals surface area contributed by atoms with Crippen LogP contribution in [0.2, 0.25) is 0 Å². The van der Waals surface area contributed by atoms with Crippen molar-refractivity contribution in [1.29, 1.82) is 0 Å². The van der Waals surface area contributed by atoms with Crippen molar-refractivity contribution in [2.75, 3.05) is 6.61 Å². The zero-order chi connectivity index (χ0) is 7.56. The van der Waals surface area contributed by atoms with Crippen LogP contribution in [-0.2, 0) is 4.79 Å². The lowest BCUT2D eigenvalue weighted by molar-refractivity contribution is -0.126. The molecule has 4 nitrogen and oxygen atoms in total. The van der Waals surface area contributed by atoms with E-state index in [1.807, 2.05) is 0 Å². The lowest BCUT2D eigenvalue weighted by Crippen LogP contribution is -2.50. The van der Waals surface area contributed by atoms with Gasteiger partial charge in [0.15, 0.2) is 0 Å². The molecule has 3 N–H and O–H groups in total. The van der Waals surface area contributed by atoms with Crippen molar-refractivity contribution in [3.8, 4) is 0 Å². The minimum Gasteiger partial charge on any atom is -0.391 e. The highest BCUT2D eigenvalue weighted by molar-refractivity contribution is 5.77. The fourth-order valence-electron chi connectivity index (χ4n) is 0.903. The molecule has 1 saturated carbocycles. The van der Waals surface area contributed by atoms with Crippen molar-refractivity contribution < 1.29 is 15.0 Å². The van der Waals surface area contributed by atoms with Crippen molar-refractivity contribution >= 4 is 5.91 Å². The molecule has 1 aliphatic rings. The molecular weight excluding hydrogens is 134 g/mol. The third-order valence-corrected chi connectivity index (χ3v) is 1.73. The molecule has 1 rings (SSSR count). The van der Waals surface area contributed by atoms with Gasteiger partial charge in [0.05, 0.1) is 12.1 Å². The molecule has 0 aliphatic heterocycles. The molecule has 0 aromatic carbocycles. The summed E-state index contributed by atoms with van der Waals surface area (Å²) in [7, 11) is 0. The summed E-state index contributed by atoms with van der Waals surface area (Å²) in [4.78, 5) is 10.5. The summed E-state index contributed by atoms with van der Waals surface area (Å²) in [6.07, 6.45) is 1.15. The molecule has 0 spiro atoms. The van der Waals surface area contributed by atoms with Gasteiger partial charge in [-0.15, -0.1) is 0 Å². The van der Waals surface area contributed by atoms with Gasteiger partial charge in [-0.3, -0.25) is 4.79 Å². The molecule has 0 heterocycles. The molecule has 1 fully saturated rings. The Morgan fingerprint density at radius 3 is 2.60 bits per heavy atom. The topological polar surface area (TPSA) is 69.6 Å². The summed E-state index contributed by atoms with van der Waals surface area (Å²) in [5, 5.41) is 19.7. The normalized spacial score (nSPS) is 31.0. The molecule has 4 heteroatoms. The molecule has 0 radical (unpaired) electrons. The van der Waals surface area contributed by atoms with E-state index in [1.54, 1.807) is 0 Å². The lowest BCUT2D eigenvalue weighted by Gasteiger charge is -2.32. The van der Waals surface area contributed by atoms with Crippen LogP contribution in [0, 0.1) is 0 Å². The first-order valence-corrected chi connectivity index (χ1v) is 3.32. The average molecular weight is 145 g/mol. The van der Waals surface area contributed by atoms with Gasteiger partial charge in [-0.2, -0.15) is 0 Å². The first kappa shape index (κ1) is 7.50. The summed E-state index contributed by atoms with van der Waals surface area (Å²) in [6.45, 7) is -0.497. The van der Waals surface area contributed by atoms with Crippen molar-refractivity contribution in [3.63, 3.8) is 0 Å². The number of aliphatic hydroxyl groups is 2. The minimum atomic E-state index is -0.497. The van der Waals surface area contributed by atoms with E-state index in [4.69, 9.17) is 10.2 Å². The maximum atomic E-state index is 10.5. The van der Waals surface area contributed by atoms with Gasteiger partial charge in [0.1, 0.15) is 6.61 Å². The highest BCUT2D eigenvalue weighted by atomic mass is 16.3. The molecule has 0 saturated heterocycles. The van der Waals surface area contributed by atoms with Crippen LogP contribution in [-0.4, -0.2) is 34.9 Å². The summed E-state index contributed by atoms with van der Waals surface area (Å²) < 4.78 is 0. The number of nitrogens with one attached hydrogen (secondary N) is 1. The highest BCUT2D eigenvalue weighted by Crippen LogP contribution is 2.18. The molecule has 58 valence electrons. The second-order valence-corrected chi connectivity index (χ2v) is 2.48. The molecule has 1 aliphatic carbocycles. The smallest absolute Gasteiger partial charge is 0.246 e. The predicted octanol–water partition coefficient (Wildman–Crippen LogP) is -1.38. The molecule has 1 amide bonds. The van der Waals surface area contributed by atoms with Crippen molar-refractivity contribution in [1.82, 2.24) is 5.32 Å². The lowest BCUT2D eigenvalue weighted by atomic mass is 9.89. The van der Waals surface area contributed by atoms with E-state index in [-0.39, 0.29) is 6.04 Å². The molecular formula is C6H11NO3. The summed E-state index contributed by atoms with van der Waals surface area (Å²) >= 11 is 0. The first-order valence-electron chi connectivity index (χ1n) is 3.32. The quantitative estimate of drug-likeness (QED) is 0.448. The fraction of sp³-hybridized carbons (Fsp3) is 0.833. The Balaban J connectivity index is 2.19. The SMILES string of the molecule is O=C(CO)N[C@@H]1CC[C@H]1O. The number of rotatable bonds is 2. The maximum absolute atomic E-state index is 10.5. The average Bonchev–Trinajstić information content (AvgIpc) is 1.96. The van der Waals surface area contributed by atoms with Gasteiger partial charge in [0.25, 0.3) is 0 Å². The fourth-order valence-corrected chi connectivity index (χ4v) is 0.903. The summed E-state index contributed by atoms with van der Waals surface area (Å²) in [5.41, 5.74) is 0. The number of hydrogen-bond donors (Lipinski definition) is 3. The van der Waals surface area contributed by atoms with E-state index in [9.17, 15) is 4.79 Å². The number of aliphatic hydroxyl groups excluding tert-OH is 2. The second-order valence-electron chi connectivity index (χ2n) is 2.48. The van der Waals surface area contributed by atoms with Crippen LogP contribution < -0.4 is 5.32 Å². The summed E-state index contributed by atoms with van der Waals surface area (Å²) in [6, 6.07) is -0.125. The maximum Gasteiger partial charge on any atom is 0.246 e. The van der Waals surface area contributed by atoms with Crippen LogP contribution in [0.1, 0.15) is 12.8 Å². The van der Waals surface area contributed by atoms with Gasteiger partial charge in [0, 0.05) is 0 Å². The Bertz CT molecular complexity index is 137. The minimum absolute atomic E-state index is 0.125.